The molecule has 4 nitrogen and oxygen atoms in total. The zero-order valence-electron chi connectivity index (χ0n) is 12.6. The highest BCUT2D eigenvalue weighted by molar-refractivity contribution is 5.77. The van der Waals surface area contributed by atoms with Gasteiger partial charge in [-0.25, -0.2) is 9.18 Å². The third-order valence-electron chi connectivity index (χ3n) is 2.56. The van der Waals surface area contributed by atoms with E-state index < -0.39 is 17.8 Å². The predicted molar refractivity (Wildman–Crippen MR) is 77.1 cm³/mol. The van der Waals surface area contributed by atoms with Gasteiger partial charge >= 0.3 is 5.97 Å². The Kier molecular flexibility index (Phi) is 9.38. The van der Waals surface area contributed by atoms with Crippen LogP contribution in [0.3, 0.4) is 0 Å². The maximum Gasteiger partial charge on any atom is 0.327 e. The van der Waals surface area contributed by atoms with Crippen molar-refractivity contribution in [2.75, 3.05) is 13.7 Å². The molecule has 1 rings (SSSR count). The van der Waals surface area contributed by atoms with Crippen LogP contribution in [0.25, 0.3) is 0 Å². The van der Waals surface area contributed by atoms with Crippen LogP contribution in [0.2, 0.25) is 0 Å². The van der Waals surface area contributed by atoms with Crippen molar-refractivity contribution in [2.24, 2.45) is 0 Å². The summed E-state index contributed by atoms with van der Waals surface area (Å²) in [6, 6.07) is 2.82. The molecule has 0 spiro atoms. The summed E-state index contributed by atoms with van der Waals surface area (Å²) in [6.07, 6.45) is 1.70. The zero-order chi connectivity index (χ0) is 15.5. The SMILES string of the molecule is CC.CCCCOC(=O)C(NC)c1ccc(O)cc1F. The summed E-state index contributed by atoms with van der Waals surface area (Å²) in [5.74, 6) is -1.33. The fraction of sp³-hybridized carbons (Fsp3) is 0.533. The molecule has 1 aromatic rings. The first kappa shape index (κ1) is 18.4. The Balaban J connectivity index is 0.00000172. The molecule has 2 N–H and O–H groups in total. The minimum atomic E-state index is -0.859. The lowest BCUT2D eigenvalue weighted by Gasteiger charge is -2.16. The maximum absolute atomic E-state index is 13.6. The first-order chi connectivity index (χ1) is 9.60. The number of unbranched alkanes of at least 4 members (excludes halogenated alkanes) is 1. The van der Waals surface area contributed by atoms with E-state index in [9.17, 15) is 9.18 Å². The molecule has 0 aromatic heterocycles. The molecule has 0 aliphatic carbocycles. The van der Waals surface area contributed by atoms with Gasteiger partial charge in [0.1, 0.15) is 17.6 Å². The number of halogens is 1. The Bertz CT molecular complexity index is 410. The first-order valence-electron chi connectivity index (χ1n) is 6.92. The van der Waals surface area contributed by atoms with Gasteiger partial charge in [-0.2, -0.15) is 0 Å². The number of esters is 1. The lowest BCUT2D eigenvalue weighted by molar-refractivity contribution is -0.146. The van der Waals surface area contributed by atoms with Crippen molar-refractivity contribution in [3.63, 3.8) is 0 Å². The van der Waals surface area contributed by atoms with Gasteiger partial charge in [-0.15, -0.1) is 0 Å². The van der Waals surface area contributed by atoms with Gasteiger partial charge in [0.15, 0.2) is 0 Å². The summed E-state index contributed by atoms with van der Waals surface area (Å²) in [5.41, 5.74) is 0.164. The van der Waals surface area contributed by atoms with Crippen molar-refractivity contribution >= 4 is 5.97 Å². The molecule has 0 saturated carbocycles. The van der Waals surface area contributed by atoms with Gasteiger partial charge in [-0.1, -0.05) is 33.3 Å². The Morgan fingerprint density at radius 1 is 1.45 bits per heavy atom. The van der Waals surface area contributed by atoms with Gasteiger partial charge in [0.05, 0.1) is 6.61 Å². The molecule has 1 atom stereocenters. The van der Waals surface area contributed by atoms with E-state index in [1.54, 1.807) is 7.05 Å². The number of ether oxygens (including phenoxy) is 1. The number of benzene rings is 1. The molecule has 114 valence electrons. The number of likely N-dealkylation sites (N-methyl/N-ethyl adjacent to an activating group) is 1. The minimum Gasteiger partial charge on any atom is -0.508 e. The van der Waals surface area contributed by atoms with Crippen molar-refractivity contribution in [1.29, 1.82) is 0 Å². The molecule has 0 amide bonds. The molecule has 0 aliphatic rings. The van der Waals surface area contributed by atoms with E-state index in [2.05, 4.69) is 5.32 Å². The van der Waals surface area contributed by atoms with Crippen molar-refractivity contribution in [2.45, 2.75) is 39.7 Å². The van der Waals surface area contributed by atoms with E-state index >= 15 is 0 Å². The second kappa shape index (κ2) is 10.2. The molecule has 1 aromatic carbocycles. The second-order valence-corrected chi connectivity index (χ2v) is 3.95. The first-order valence-corrected chi connectivity index (χ1v) is 6.92. The lowest BCUT2D eigenvalue weighted by atomic mass is 10.1. The molecule has 20 heavy (non-hydrogen) atoms. The van der Waals surface area contributed by atoms with Crippen molar-refractivity contribution in [3.05, 3.63) is 29.6 Å². The number of hydrogen-bond acceptors (Lipinski definition) is 4. The normalized spacial score (nSPS) is 11.2. The number of aromatic hydroxyl groups is 1. The highest BCUT2D eigenvalue weighted by Gasteiger charge is 2.23. The number of phenolic OH excluding ortho intramolecular Hbond substituents is 1. The van der Waals surface area contributed by atoms with Crippen molar-refractivity contribution in [1.82, 2.24) is 5.32 Å². The van der Waals surface area contributed by atoms with Gasteiger partial charge < -0.3 is 15.2 Å². The number of hydrogen-bond donors (Lipinski definition) is 2. The molecule has 0 radical (unpaired) electrons. The average Bonchev–Trinajstić information content (AvgIpc) is 2.44. The van der Waals surface area contributed by atoms with Gasteiger partial charge in [-0.3, -0.25) is 0 Å². The Morgan fingerprint density at radius 2 is 2.10 bits per heavy atom. The molecule has 5 heteroatoms. The molecule has 0 heterocycles. The standard InChI is InChI=1S/C13H18FNO3.C2H6/c1-3-4-7-18-13(17)12(15-2)10-6-5-9(16)8-11(10)14;1-2/h5-6,8,12,15-16H,3-4,7H2,1-2H3;1-2H3. The van der Waals surface area contributed by atoms with Crippen molar-refractivity contribution in [3.8, 4) is 5.75 Å². The van der Waals surface area contributed by atoms with E-state index in [-0.39, 0.29) is 11.3 Å². The number of phenols is 1. The van der Waals surface area contributed by atoms with Crippen LogP contribution >= 0.6 is 0 Å². The highest BCUT2D eigenvalue weighted by atomic mass is 19.1. The summed E-state index contributed by atoms with van der Waals surface area (Å²) in [5, 5.41) is 11.8. The Morgan fingerprint density at radius 3 is 2.60 bits per heavy atom. The van der Waals surface area contributed by atoms with Gasteiger partial charge in [0.2, 0.25) is 0 Å². The van der Waals surface area contributed by atoms with Crippen LogP contribution < -0.4 is 5.32 Å². The minimum absolute atomic E-state index is 0.164. The highest BCUT2D eigenvalue weighted by Crippen LogP contribution is 2.22. The summed E-state index contributed by atoms with van der Waals surface area (Å²) in [4.78, 5) is 11.8. The van der Waals surface area contributed by atoms with Crippen LogP contribution in [-0.2, 0) is 9.53 Å². The van der Waals surface area contributed by atoms with Gasteiger partial charge in [0, 0.05) is 11.6 Å². The van der Waals surface area contributed by atoms with E-state index in [0.717, 1.165) is 18.9 Å². The number of nitrogens with one attached hydrogen (secondary N) is 1. The lowest BCUT2D eigenvalue weighted by Crippen LogP contribution is -2.28. The predicted octanol–water partition coefficient (Wildman–Crippen LogP) is 3.16. The van der Waals surface area contributed by atoms with Crippen LogP contribution in [0.5, 0.6) is 5.75 Å². The van der Waals surface area contributed by atoms with Crippen molar-refractivity contribution < 1.29 is 19.0 Å². The summed E-state index contributed by atoms with van der Waals surface area (Å²) in [6.45, 7) is 6.32. The van der Waals surface area contributed by atoms with Gasteiger partial charge in [-0.05, 0) is 19.5 Å². The maximum atomic E-state index is 13.6. The topological polar surface area (TPSA) is 58.6 Å². The smallest absolute Gasteiger partial charge is 0.327 e. The summed E-state index contributed by atoms with van der Waals surface area (Å²) < 4.78 is 18.7. The fourth-order valence-electron chi connectivity index (χ4n) is 1.55. The molecular formula is C15H24FNO3. The Labute approximate surface area is 120 Å². The fourth-order valence-corrected chi connectivity index (χ4v) is 1.55. The summed E-state index contributed by atoms with van der Waals surface area (Å²) >= 11 is 0. The third kappa shape index (κ3) is 5.57. The van der Waals surface area contributed by atoms with Crippen LogP contribution in [0, 0.1) is 5.82 Å². The van der Waals surface area contributed by atoms with E-state index in [4.69, 9.17) is 9.84 Å². The molecule has 0 aliphatic heterocycles. The van der Waals surface area contributed by atoms with Crippen LogP contribution in [0.4, 0.5) is 4.39 Å². The largest absolute Gasteiger partial charge is 0.508 e. The van der Waals surface area contributed by atoms with E-state index in [0.29, 0.717) is 6.61 Å². The molecule has 0 bridgehead atoms. The van der Waals surface area contributed by atoms with Crippen LogP contribution in [0.15, 0.2) is 18.2 Å². The zero-order valence-corrected chi connectivity index (χ0v) is 12.6. The number of carbonyl (C=O) groups excluding carboxylic acids is 1. The monoisotopic (exact) mass is 285 g/mol. The molecular weight excluding hydrogens is 261 g/mol. The Hall–Kier alpha value is -1.62. The quantitative estimate of drug-likeness (QED) is 0.622. The number of rotatable bonds is 6. The molecule has 0 saturated heterocycles. The van der Waals surface area contributed by atoms with E-state index in [1.807, 2.05) is 20.8 Å². The van der Waals surface area contributed by atoms with Gasteiger partial charge in [0.25, 0.3) is 0 Å². The molecule has 1 unspecified atom stereocenters. The average molecular weight is 285 g/mol. The number of carbonyl (C=O) groups is 1. The second-order valence-electron chi connectivity index (χ2n) is 3.95. The van der Waals surface area contributed by atoms with Crippen LogP contribution in [-0.4, -0.2) is 24.7 Å². The summed E-state index contributed by atoms with van der Waals surface area (Å²) in [7, 11) is 1.55. The van der Waals surface area contributed by atoms with Crippen LogP contribution in [0.1, 0.15) is 45.2 Å². The van der Waals surface area contributed by atoms with E-state index in [1.165, 1.54) is 12.1 Å². The molecule has 0 fully saturated rings. The third-order valence-corrected chi connectivity index (χ3v) is 2.56.